The number of hydrogen-bond donors (Lipinski definition) is 2. The Morgan fingerprint density at radius 1 is 1.35 bits per heavy atom. The van der Waals surface area contributed by atoms with Crippen LogP contribution in [-0.2, 0) is 6.42 Å². The highest BCUT2D eigenvalue weighted by Gasteiger charge is 2.09. The highest BCUT2D eigenvalue weighted by atomic mass is 16.5. The third-order valence-corrected chi connectivity index (χ3v) is 3.17. The summed E-state index contributed by atoms with van der Waals surface area (Å²) in [4.78, 5) is 2.45. The molecule has 2 N–H and O–H groups in total. The number of rotatable bonds is 4. The lowest BCUT2D eigenvalue weighted by atomic mass is 10.1. The van der Waals surface area contributed by atoms with E-state index in [-0.39, 0.29) is 5.75 Å². The lowest BCUT2D eigenvalue weighted by Crippen LogP contribution is -2.44. The van der Waals surface area contributed by atoms with Gasteiger partial charge in [0.1, 0.15) is 0 Å². The molecule has 0 unspecified atom stereocenters. The van der Waals surface area contributed by atoms with Gasteiger partial charge in [-0.05, 0) is 24.1 Å². The smallest absolute Gasteiger partial charge is 0.160 e. The van der Waals surface area contributed by atoms with Crippen LogP contribution in [0.25, 0.3) is 0 Å². The Bertz CT molecular complexity index is 362. The maximum atomic E-state index is 9.51. The second kappa shape index (κ2) is 5.89. The van der Waals surface area contributed by atoms with Crippen LogP contribution in [-0.4, -0.2) is 49.8 Å². The van der Waals surface area contributed by atoms with Crippen molar-refractivity contribution in [1.29, 1.82) is 0 Å². The summed E-state index contributed by atoms with van der Waals surface area (Å²) in [6.07, 6.45) is 0.997. The number of hydrogen-bond acceptors (Lipinski definition) is 4. The number of phenols is 1. The summed E-state index contributed by atoms with van der Waals surface area (Å²) >= 11 is 0. The number of phenolic OH excluding ortho intramolecular Hbond substituents is 1. The normalized spacial score (nSPS) is 17.0. The zero-order valence-electron chi connectivity index (χ0n) is 10.3. The van der Waals surface area contributed by atoms with E-state index in [9.17, 15) is 5.11 Å². The molecule has 4 nitrogen and oxygen atoms in total. The van der Waals surface area contributed by atoms with Crippen LogP contribution in [0.3, 0.4) is 0 Å². The lowest BCUT2D eigenvalue weighted by molar-refractivity contribution is 0.244. The van der Waals surface area contributed by atoms with Crippen molar-refractivity contribution in [1.82, 2.24) is 10.2 Å². The monoisotopic (exact) mass is 236 g/mol. The van der Waals surface area contributed by atoms with E-state index in [2.05, 4.69) is 10.2 Å². The fourth-order valence-electron chi connectivity index (χ4n) is 2.10. The van der Waals surface area contributed by atoms with Gasteiger partial charge in [-0.3, -0.25) is 0 Å². The Labute approximate surface area is 102 Å². The van der Waals surface area contributed by atoms with Crippen molar-refractivity contribution in [3.8, 4) is 11.5 Å². The van der Waals surface area contributed by atoms with Crippen molar-refractivity contribution in [2.45, 2.75) is 6.42 Å². The highest BCUT2D eigenvalue weighted by Crippen LogP contribution is 2.26. The van der Waals surface area contributed by atoms with E-state index in [4.69, 9.17) is 4.74 Å². The molecule has 0 spiro atoms. The van der Waals surface area contributed by atoms with Gasteiger partial charge >= 0.3 is 0 Å². The molecule has 0 aromatic heterocycles. The van der Waals surface area contributed by atoms with Gasteiger partial charge in [-0.15, -0.1) is 0 Å². The minimum Gasteiger partial charge on any atom is -0.504 e. The number of nitrogens with one attached hydrogen (secondary N) is 1. The molecule has 1 aliphatic rings. The summed E-state index contributed by atoms with van der Waals surface area (Å²) in [6.45, 7) is 5.47. The standard InChI is InChI=1S/C13H20N2O2/c1-17-13-10-11(2-3-12(13)16)4-7-15-8-5-14-6-9-15/h2-3,10,14,16H,4-9H2,1H3. The van der Waals surface area contributed by atoms with E-state index in [0.717, 1.165) is 39.1 Å². The van der Waals surface area contributed by atoms with Gasteiger partial charge in [0.15, 0.2) is 11.5 Å². The van der Waals surface area contributed by atoms with Crippen LogP contribution in [0.1, 0.15) is 5.56 Å². The average Bonchev–Trinajstić information content (AvgIpc) is 2.39. The molecule has 0 atom stereocenters. The highest BCUT2D eigenvalue weighted by molar-refractivity contribution is 5.41. The largest absolute Gasteiger partial charge is 0.504 e. The second-order valence-electron chi connectivity index (χ2n) is 4.35. The summed E-state index contributed by atoms with van der Waals surface area (Å²) in [5.41, 5.74) is 1.21. The number of nitrogens with zero attached hydrogens (tertiary/aromatic N) is 1. The van der Waals surface area contributed by atoms with E-state index < -0.39 is 0 Å². The Kier molecular flexibility index (Phi) is 4.23. The van der Waals surface area contributed by atoms with Crippen molar-refractivity contribution in [2.24, 2.45) is 0 Å². The predicted molar refractivity (Wildman–Crippen MR) is 67.7 cm³/mol. The van der Waals surface area contributed by atoms with Gasteiger partial charge in [-0.2, -0.15) is 0 Å². The van der Waals surface area contributed by atoms with Gasteiger partial charge < -0.3 is 20.1 Å². The summed E-state index contributed by atoms with van der Waals surface area (Å²) in [7, 11) is 1.58. The molecule has 17 heavy (non-hydrogen) atoms. The predicted octanol–water partition coefficient (Wildman–Crippen LogP) is 0.848. The number of benzene rings is 1. The SMILES string of the molecule is COc1cc(CCN2CCNCC2)ccc1O. The zero-order valence-corrected chi connectivity index (χ0v) is 10.3. The Morgan fingerprint density at radius 3 is 2.82 bits per heavy atom. The molecule has 0 saturated carbocycles. The number of methoxy groups -OCH3 is 1. The van der Waals surface area contributed by atoms with Gasteiger partial charge in [-0.25, -0.2) is 0 Å². The molecule has 94 valence electrons. The molecular formula is C13H20N2O2. The van der Waals surface area contributed by atoms with Crippen LogP contribution in [0.5, 0.6) is 11.5 Å². The minimum absolute atomic E-state index is 0.207. The molecule has 0 bridgehead atoms. The van der Waals surface area contributed by atoms with E-state index in [0.29, 0.717) is 5.75 Å². The quantitative estimate of drug-likeness (QED) is 0.813. The molecule has 2 rings (SSSR count). The van der Waals surface area contributed by atoms with E-state index in [1.807, 2.05) is 12.1 Å². The van der Waals surface area contributed by atoms with Crippen molar-refractivity contribution in [2.75, 3.05) is 39.8 Å². The molecule has 4 heteroatoms. The third-order valence-electron chi connectivity index (χ3n) is 3.17. The molecule has 1 aromatic rings. The molecule has 1 aliphatic heterocycles. The Balaban J connectivity index is 1.89. The fourth-order valence-corrected chi connectivity index (χ4v) is 2.10. The lowest BCUT2D eigenvalue weighted by Gasteiger charge is -2.27. The van der Waals surface area contributed by atoms with Crippen molar-refractivity contribution >= 4 is 0 Å². The summed E-state index contributed by atoms with van der Waals surface area (Å²) in [5, 5.41) is 12.9. The zero-order chi connectivity index (χ0) is 12.1. The Hall–Kier alpha value is -1.26. The maximum Gasteiger partial charge on any atom is 0.160 e. The number of aromatic hydroxyl groups is 1. The van der Waals surface area contributed by atoms with Crippen LogP contribution in [0.4, 0.5) is 0 Å². The molecule has 0 aliphatic carbocycles. The van der Waals surface area contributed by atoms with Crippen LogP contribution >= 0.6 is 0 Å². The summed E-state index contributed by atoms with van der Waals surface area (Å²) in [5.74, 6) is 0.765. The van der Waals surface area contributed by atoms with E-state index >= 15 is 0 Å². The fraction of sp³-hybridized carbons (Fsp3) is 0.538. The number of ether oxygens (including phenoxy) is 1. The van der Waals surface area contributed by atoms with Crippen molar-refractivity contribution in [3.05, 3.63) is 23.8 Å². The Morgan fingerprint density at radius 2 is 2.12 bits per heavy atom. The van der Waals surface area contributed by atoms with E-state index in [1.54, 1.807) is 13.2 Å². The topological polar surface area (TPSA) is 44.7 Å². The first-order valence-corrected chi connectivity index (χ1v) is 6.08. The average molecular weight is 236 g/mol. The molecule has 0 amide bonds. The van der Waals surface area contributed by atoms with Crippen LogP contribution in [0, 0.1) is 0 Å². The first-order valence-electron chi connectivity index (χ1n) is 6.08. The van der Waals surface area contributed by atoms with Crippen LogP contribution < -0.4 is 10.1 Å². The minimum atomic E-state index is 0.207. The van der Waals surface area contributed by atoms with E-state index in [1.165, 1.54) is 5.56 Å². The third kappa shape index (κ3) is 3.35. The first kappa shape index (κ1) is 12.2. The number of piperazine rings is 1. The van der Waals surface area contributed by atoms with Gasteiger partial charge in [0.05, 0.1) is 7.11 Å². The van der Waals surface area contributed by atoms with Gasteiger partial charge in [-0.1, -0.05) is 6.07 Å². The summed E-state index contributed by atoms with van der Waals surface area (Å²) < 4.78 is 5.10. The molecule has 0 radical (unpaired) electrons. The molecule has 1 fully saturated rings. The van der Waals surface area contributed by atoms with Gasteiger partial charge in [0.2, 0.25) is 0 Å². The van der Waals surface area contributed by atoms with Crippen molar-refractivity contribution in [3.63, 3.8) is 0 Å². The molecular weight excluding hydrogens is 216 g/mol. The van der Waals surface area contributed by atoms with Crippen LogP contribution in [0.2, 0.25) is 0 Å². The second-order valence-corrected chi connectivity index (χ2v) is 4.35. The summed E-state index contributed by atoms with van der Waals surface area (Å²) in [6, 6.07) is 5.57. The molecule has 1 saturated heterocycles. The van der Waals surface area contributed by atoms with Crippen molar-refractivity contribution < 1.29 is 9.84 Å². The van der Waals surface area contributed by atoms with Gasteiger partial charge in [0, 0.05) is 32.7 Å². The maximum absolute atomic E-state index is 9.51. The molecule has 1 heterocycles. The first-order chi connectivity index (χ1) is 8.29. The molecule has 1 aromatic carbocycles. The van der Waals surface area contributed by atoms with Crippen LogP contribution in [0.15, 0.2) is 18.2 Å². The van der Waals surface area contributed by atoms with Gasteiger partial charge in [0.25, 0.3) is 0 Å².